The Hall–Kier alpha value is -0.0831. The van der Waals surface area contributed by atoms with Gasteiger partial charge in [0.1, 0.15) is 0 Å². The minimum absolute atomic E-state index is 0.287. The van der Waals surface area contributed by atoms with Gasteiger partial charge in [-0.15, -0.1) is 5.10 Å². The lowest BCUT2D eigenvalue weighted by Gasteiger charge is -2.41. The van der Waals surface area contributed by atoms with Crippen molar-refractivity contribution in [2.45, 2.75) is 76.7 Å². The Morgan fingerprint density at radius 3 is 2.27 bits per heavy atom. The number of halogens is 1. The molecule has 6 heteroatoms. The molecule has 0 saturated heterocycles. The third kappa shape index (κ3) is 4.06. The Labute approximate surface area is 149 Å². The van der Waals surface area contributed by atoms with Gasteiger partial charge in [-0.2, -0.15) is 0 Å². The largest absolute Gasteiger partial charge is 0.479 e. The smallest absolute Gasteiger partial charge is 0.246 e. The highest BCUT2D eigenvalue weighted by Crippen LogP contribution is 2.40. The molecule has 2 rings (SSSR count). The Morgan fingerprint density at radius 1 is 1.23 bits per heavy atom. The van der Waals surface area contributed by atoms with E-state index in [0.29, 0.717) is 12.1 Å². The molecule has 1 saturated carbocycles. The van der Waals surface area contributed by atoms with Gasteiger partial charge in [0.25, 0.3) is 0 Å². The molecule has 1 fully saturated rings. The van der Waals surface area contributed by atoms with Crippen LogP contribution in [0.4, 0.5) is 0 Å². The summed E-state index contributed by atoms with van der Waals surface area (Å²) >= 11 is 2.28. The molecule has 0 radical (unpaired) electrons. The second-order valence-corrected chi connectivity index (χ2v) is 13.7. The van der Waals surface area contributed by atoms with Gasteiger partial charge in [0.15, 0.2) is 8.32 Å². The highest BCUT2D eigenvalue weighted by atomic mass is 127. The molecular formula is C16H29IN2O2Si. The molecular weight excluding hydrogens is 407 g/mol. The van der Waals surface area contributed by atoms with Gasteiger partial charge in [-0.25, -0.2) is 0 Å². The van der Waals surface area contributed by atoms with Gasteiger partial charge < -0.3 is 9.16 Å². The zero-order valence-electron chi connectivity index (χ0n) is 14.6. The quantitative estimate of drug-likeness (QED) is 0.492. The highest BCUT2D eigenvalue weighted by molar-refractivity contribution is 14.1. The van der Waals surface area contributed by atoms with Crippen LogP contribution in [0.1, 0.15) is 52.5 Å². The number of aromatic nitrogens is 2. The molecule has 0 amide bonds. The average Bonchev–Trinajstić information content (AvgIpc) is 2.79. The lowest BCUT2D eigenvalue weighted by Crippen LogP contribution is -2.44. The van der Waals surface area contributed by atoms with Crippen molar-refractivity contribution in [2.24, 2.45) is 0 Å². The number of ether oxygens (including phenoxy) is 1. The Morgan fingerprint density at radius 2 is 1.82 bits per heavy atom. The van der Waals surface area contributed by atoms with E-state index in [1.807, 2.05) is 0 Å². The predicted octanol–water partition coefficient (Wildman–Crippen LogP) is 5.00. The van der Waals surface area contributed by atoms with Crippen LogP contribution in [0.5, 0.6) is 5.88 Å². The van der Waals surface area contributed by atoms with Crippen molar-refractivity contribution in [1.29, 1.82) is 0 Å². The Bertz CT molecular complexity index is 503. The summed E-state index contributed by atoms with van der Waals surface area (Å²) in [6.45, 7) is 11.6. The van der Waals surface area contributed by atoms with Crippen molar-refractivity contribution < 1.29 is 9.16 Å². The number of hydrogen-bond acceptors (Lipinski definition) is 3. The van der Waals surface area contributed by atoms with Crippen molar-refractivity contribution >= 4 is 30.9 Å². The van der Waals surface area contributed by atoms with Crippen molar-refractivity contribution in [1.82, 2.24) is 9.78 Å². The molecule has 1 heterocycles. The molecule has 0 unspecified atom stereocenters. The third-order valence-corrected chi connectivity index (χ3v) is 10.4. The van der Waals surface area contributed by atoms with E-state index in [0.717, 1.165) is 35.1 Å². The number of methoxy groups -OCH3 is 1. The lowest BCUT2D eigenvalue weighted by molar-refractivity contribution is 0.115. The van der Waals surface area contributed by atoms with E-state index in [-0.39, 0.29) is 5.04 Å². The second kappa shape index (κ2) is 6.81. The van der Waals surface area contributed by atoms with E-state index in [9.17, 15) is 0 Å². The minimum Gasteiger partial charge on any atom is -0.479 e. The Balaban J connectivity index is 1.93. The van der Waals surface area contributed by atoms with E-state index in [4.69, 9.17) is 9.16 Å². The number of nitrogens with zero attached hydrogens (tertiary/aromatic N) is 2. The zero-order valence-corrected chi connectivity index (χ0v) is 17.8. The molecule has 4 nitrogen and oxygen atoms in total. The monoisotopic (exact) mass is 436 g/mol. The lowest BCUT2D eigenvalue weighted by atomic mass is 9.93. The first kappa shape index (κ1) is 18.3. The first-order chi connectivity index (χ1) is 10.1. The first-order valence-electron chi connectivity index (χ1n) is 8.10. The van der Waals surface area contributed by atoms with Crippen LogP contribution in [-0.2, 0) is 4.43 Å². The maximum absolute atomic E-state index is 6.56. The van der Waals surface area contributed by atoms with Gasteiger partial charge >= 0.3 is 0 Å². The molecule has 0 N–H and O–H groups in total. The molecule has 0 spiro atoms. The van der Waals surface area contributed by atoms with Crippen molar-refractivity contribution in [3.05, 3.63) is 9.77 Å². The summed E-state index contributed by atoms with van der Waals surface area (Å²) in [6.07, 6.45) is 7.07. The number of rotatable bonds is 4. The molecule has 22 heavy (non-hydrogen) atoms. The molecule has 1 aromatic heterocycles. The normalized spacial score (nSPS) is 23.6. The fourth-order valence-corrected chi connectivity index (χ4v) is 4.74. The van der Waals surface area contributed by atoms with Gasteiger partial charge in [0.2, 0.25) is 5.88 Å². The Kier molecular flexibility index (Phi) is 5.65. The molecule has 0 bridgehead atoms. The number of hydrogen-bond donors (Lipinski definition) is 0. The summed E-state index contributed by atoms with van der Waals surface area (Å²) in [5.74, 6) is 0.736. The van der Waals surface area contributed by atoms with E-state index < -0.39 is 8.32 Å². The van der Waals surface area contributed by atoms with Crippen LogP contribution in [0.3, 0.4) is 0 Å². The van der Waals surface area contributed by atoms with Crippen LogP contribution in [0.2, 0.25) is 18.1 Å². The van der Waals surface area contributed by atoms with Gasteiger partial charge in [-0.05, 0) is 66.4 Å². The van der Waals surface area contributed by atoms with Gasteiger partial charge in [0, 0.05) is 12.3 Å². The molecule has 126 valence electrons. The topological polar surface area (TPSA) is 36.3 Å². The van der Waals surface area contributed by atoms with E-state index in [2.05, 4.69) is 72.4 Å². The average molecular weight is 436 g/mol. The zero-order chi connectivity index (χ0) is 16.5. The standard InChI is InChI=1S/C16H29IN2O2Si/c1-16(2,3)22(5,6)21-13-9-7-12(8-10-13)19-11-14(17)15(18-19)20-4/h11-13H,7-10H2,1-6H3/t12-,13-. The summed E-state index contributed by atoms with van der Waals surface area (Å²) in [6, 6.07) is 0.483. The molecule has 0 aliphatic heterocycles. The molecule has 0 atom stereocenters. The molecule has 1 aliphatic carbocycles. The molecule has 1 aromatic rings. The van der Waals surface area contributed by atoms with Gasteiger partial charge in [-0.3, -0.25) is 4.68 Å². The third-order valence-electron chi connectivity index (χ3n) is 5.13. The summed E-state index contributed by atoms with van der Waals surface area (Å²) < 4.78 is 15.0. The van der Waals surface area contributed by atoms with Crippen LogP contribution >= 0.6 is 22.6 Å². The van der Waals surface area contributed by atoms with Crippen LogP contribution in [0.25, 0.3) is 0 Å². The van der Waals surface area contributed by atoms with E-state index in [1.165, 1.54) is 0 Å². The summed E-state index contributed by atoms with van der Waals surface area (Å²) in [5.41, 5.74) is 0. The molecule has 0 aromatic carbocycles. The summed E-state index contributed by atoms with van der Waals surface area (Å²) in [4.78, 5) is 0. The van der Waals surface area contributed by atoms with Crippen LogP contribution in [0.15, 0.2) is 6.20 Å². The predicted molar refractivity (Wildman–Crippen MR) is 101 cm³/mol. The highest BCUT2D eigenvalue weighted by Gasteiger charge is 2.40. The molecule has 1 aliphatic rings. The maximum Gasteiger partial charge on any atom is 0.246 e. The van der Waals surface area contributed by atoms with Crippen LogP contribution < -0.4 is 4.74 Å². The van der Waals surface area contributed by atoms with Gasteiger partial charge in [-0.1, -0.05) is 20.8 Å². The van der Waals surface area contributed by atoms with Crippen molar-refractivity contribution in [3.63, 3.8) is 0 Å². The van der Waals surface area contributed by atoms with Crippen molar-refractivity contribution in [2.75, 3.05) is 7.11 Å². The summed E-state index contributed by atoms with van der Waals surface area (Å²) in [5, 5.41) is 4.83. The fourth-order valence-electron chi connectivity index (χ4n) is 2.70. The maximum atomic E-state index is 6.56. The minimum atomic E-state index is -1.65. The van der Waals surface area contributed by atoms with E-state index in [1.54, 1.807) is 7.11 Å². The summed E-state index contributed by atoms with van der Waals surface area (Å²) in [7, 11) is 0.0315. The van der Waals surface area contributed by atoms with Gasteiger partial charge in [0.05, 0.1) is 16.7 Å². The van der Waals surface area contributed by atoms with Crippen LogP contribution in [-0.4, -0.2) is 31.3 Å². The van der Waals surface area contributed by atoms with E-state index >= 15 is 0 Å². The second-order valence-electron chi connectivity index (χ2n) is 7.78. The SMILES string of the molecule is COc1nn([C@H]2CC[C@H](O[Si](C)(C)C(C)(C)C)CC2)cc1I. The van der Waals surface area contributed by atoms with Crippen LogP contribution in [0, 0.1) is 3.57 Å². The van der Waals surface area contributed by atoms with Crippen molar-refractivity contribution in [3.8, 4) is 5.88 Å². The fraction of sp³-hybridized carbons (Fsp3) is 0.812. The first-order valence-corrected chi connectivity index (χ1v) is 12.1.